The van der Waals surface area contributed by atoms with Gasteiger partial charge in [0.05, 0.1) is 7.11 Å². The molecule has 1 saturated heterocycles. The molecular formula is C21H26N2O2. The Morgan fingerprint density at radius 3 is 2.32 bits per heavy atom. The molecule has 4 heteroatoms. The van der Waals surface area contributed by atoms with E-state index >= 15 is 0 Å². The Morgan fingerprint density at radius 2 is 1.64 bits per heavy atom. The van der Waals surface area contributed by atoms with Gasteiger partial charge in [0.1, 0.15) is 5.75 Å². The molecule has 1 atom stereocenters. The second-order valence-corrected chi connectivity index (χ2v) is 6.59. The second-order valence-electron chi connectivity index (χ2n) is 6.59. The lowest BCUT2D eigenvalue weighted by Gasteiger charge is -2.33. The van der Waals surface area contributed by atoms with E-state index in [1.807, 2.05) is 41.3 Å². The summed E-state index contributed by atoms with van der Waals surface area (Å²) in [6.07, 6.45) is 0.466. The van der Waals surface area contributed by atoms with Crippen LogP contribution in [0.1, 0.15) is 23.5 Å². The van der Waals surface area contributed by atoms with Crippen molar-refractivity contribution in [1.29, 1.82) is 0 Å². The molecule has 1 heterocycles. The summed E-state index contributed by atoms with van der Waals surface area (Å²) in [5.74, 6) is 1.06. The van der Waals surface area contributed by atoms with Gasteiger partial charge in [-0.05, 0) is 18.7 Å². The number of carbonyl (C=O) groups is 1. The molecule has 3 rings (SSSR count). The average molecular weight is 338 g/mol. The Balaban J connectivity index is 1.86. The van der Waals surface area contributed by atoms with Crippen LogP contribution in [0, 0.1) is 0 Å². The Bertz CT molecular complexity index is 694. The molecule has 1 unspecified atom stereocenters. The number of ether oxygens (including phenoxy) is 1. The summed E-state index contributed by atoms with van der Waals surface area (Å²) in [4.78, 5) is 17.2. The normalized spacial score (nSPS) is 16.5. The predicted octanol–water partition coefficient (Wildman–Crippen LogP) is 2.99. The van der Waals surface area contributed by atoms with Crippen molar-refractivity contribution in [2.45, 2.75) is 12.3 Å². The van der Waals surface area contributed by atoms with Gasteiger partial charge in [-0.3, -0.25) is 4.79 Å². The number of para-hydroxylation sites is 1. The Kier molecular flexibility index (Phi) is 5.71. The zero-order valence-electron chi connectivity index (χ0n) is 15.0. The van der Waals surface area contributed by atoms with Gasteiger partial charge in [0.15, 0.2) is 0 Å². The molecule has 2 aromatic carbocycles. The summed E-state index contributed by atoms with van der Waals surface area (Å²) in [5.41, 5.74) is 2.22. The lowest BCUT2D eigenvalue weighted by molar-refractivity contribution is -0.133. The minimum atomic E-state index is 0.00417. The molecule has 25 heavy (non-hydrogen) atoms. The fourth-order valence-corrected chi connectivity index (χ4v) is 3.41. The van der Waals surface area contributed by atoms with Gasteiger partial charge in [-0.1, -0.05) is 48.5 Å². The fraction of sp³-hybridized carbons (Fsp3) is 0.381. The van der Waals surface area contributed by atoms with E-state index in [2.05, 4.69) is 30.1 Å². The van der Waals surface area contributed by atoms with Crippen LogP contribution in [0.2, 0.25) is 0 Å². The summed E-state index contributed by atoms with van der Waals surface area (Å²) in [5, 5.41) is 0. The molecule has 1 amide bonds. The zero-order chi connectivity index (χ0) is 17.6. The summed E-state index contributed by atoms with van der Waals surface area (Å²) in [6, 6.07) is 18.2. The molecule has 0 N–H and O–H groups in total. The van der Waals surface area contributed by atoms with E-state index in [-0.39, 0.29) is 11.8 Å². The van der Waals surface area contributed by atoms with Crippen molar-refractivity contribution in [2.24, 2.45) is 0 Å². The molecule has 0 radical (unpaired) electrons. The Hall–Kier alpha value is -2.33. The SMILES string of the molecule is COc1ccccc1C(CC(=O)N1CCN(C)CC1)c1ccccc1. The molecular weight excluding hydrogens is 312 g/mol. The topological polar surface area (TPSA) is 32.8 Å². The molecule has 0 aliphatic carbocycles. The first kappa shape index (κ1) is 17.5. The van der Waals surface area contributed by atoms with Crippen molar-refractivity contribution in [3.8, 4) is 5.75 Å². The molecule has 1 fully saturated rings. The van der Waals surface area contributed by atoms with Gasteiger partial charge in [0.2, 0.25) is 5.91 Å². The predicted molar refractivity (Wildman–Crippen MR) is 100.0 cm³/mol. The first-order valence-electron chi connectivity index (χ1n) is 8.83. The number of methoxy groups -OCH3 is 1. The lowest BCUT2D eigenvalue weighted by atomic mass is 9.87. The van der Waals surface area contributed by atoms with Crippen molar-refractivity contribution in [3.05, 3.63) is 65.7 Å². The van der Waals surface area contributed by atoms with Gasteiger partial charge in [0.25, 0.3) is 0 Å². The third-order valence-corrected chi connectivity index (χ3v) is 4.95. The van der Waals surface area contributed by atoms with E-state index in [4.69, 9.17) is 4.74 Å². The van der Waals surface area contributed by atoms with Crippen molar-refractivity contribution >= 4 is 5.91 Å². The highest BCUT2D eigenvalue weighted by Crippen LogP contribution is 2.34. The first-order chi connectivity index (χ1) is 12.2. The molecule has 0 bridgehead atoms. The Labute approximate surface area is 150 Å². The molecule has 4 nitrogen and oxygen atoms in total. The van der Waals surface area contributed by atoms with Crippen LogP contribution in [0.3, 0.4) is 0 Å². The van der Waals surface area contributed by atoms with Crippen LogP contribution < -0.4 is 4.74 Å². The number of amides is 1. The number of hydrogen-bond donors (Lipinski definition) is 0. The maximum Gasteiger partial charge on any atom is 0.223 e. The number of benzene rings is 2. The van der Waals surface area contributed by atoms with Gasteiger partial charge in [-0.25, -0.2) is 0 Å². The van der Waals surface area contributed by atoms with Crippen molar-refractivity contribution in [1.82, 2.24) is 9.80 Å². The smallest absolute Gasteiger partial charge is 0.223 e. The minimum Gasteiger partial charge on any atom is -0.496 e. The van der Waals surface area contributed by atoms with Crippen LogP contribution in [-0.4, -0.2) is 56.0 Å². The fourth-order valence-electron chi connectivity index (χ4n) is 3.41. The van der Waals surface area contributed by atoms with Gasteiger partial charge in [-0.15, -0.1) is 0 Å². The molecule has 0 spiro atoms. The van der Waals surface area contributed by atoms with E-state index in [9.17, 15) is 4.79 Å². The van der Waals surface area contributed by atoms with Crippen LogP contribution in [0.15, 0.2) is 54.6 Å². The van der Waals surface area contributed by atoms with E-state index in [0.29, 0.717) is 6.42 Å². The molecule has 1 aliphatic heterocycles. The summed E-state index contributed by atoms with van der Waals surface area (Å²) >= 11 is 0. The van der Waals surface area contributed by atoms with Crippen LogP contribution >= 0.6 is 0 Å². The molecule has 2 aromatic rings. The van der Waals surface area contributed by atoms with Gasteiger partial charge >= 0.3 is 0 Å². The minimum absolute atomic E-state index is 0.00417. The van der Waals surface area contributed by atoms with Gasteiger partial charge in [0, 0.05) is 44.1 Å². The highest BCUT2D eigenvalue weighted by Gasteiger charge is 2.25. The van der Waals surface area contributed by atoms with Gasteiger partial charge < -0.3 is 14.5 Å². The number of piperazine rings is 1. The van der Waals surface area contributed by atoms with Crippen molar-refractivity contribution in [3.63, 3.8) is 0 Å². The maximum absolute atomic E-state index is 12.9. The summed E-state index contributed by atoms with van der Waals surface area (Å²) in [6.45, 7) is 3.50. The first-order valence-corrected chi connectivity index (χ1v) is 8.83. The van der Waals surface area contributed by atoms with Crippen molar-refractivity contribution < 1.29 is 9.53 Å². The monoisotopic (exact) mass is 338 g/mol. The number of likely N-dealkylation sites (N-methyl/N-ethyl adjacent to an activating group) is 1. The summed E-state index contributed by atoms with van der Waals surface area (Å²) in [7, 11) is 3.78. The lowest BCUT2D eigenvalue weighted by Crippen LogP contribution is -2.47. The van der Waals surface area contributed by atoms with E-state index in [1.165, 1.54) is 0 Å². The molecule has 1 aliphatic rings. The zero-order valence-corrected chi connectivity index (χ0v) is 15.0. The highest BCUT2D eigenvalue weighted by molar-refractivity contribution is 5.78. The number of carbonyl (C=O) groups excluding carboxylic acids is 1. The van der Waals surface area contributed by atoms with E-state index in [0.717, 1.165) is 43.1 Å². The number of hydrogen-bond acceptors (Lipinski definition) is 3. The van der Waals surface area contributed by atoms with E-state index < -0.39 is 0 Å². The summed E-state index contributed by atoms with van der Waals surface area (Å²) < 4.78 is 5.56. The second kappa shape index (κ2) is 8.17. The van der Waals surface area contributed by atoms with Crippen LogP contribution in [-0.2, 0) is 4.79 Å². The maximum atomic E-state index is 12.9. The van der Waals surface area contributed by atoms with Crippen LogP contribution in [0.5, 0.6) is 5.75 Å². The average Bonchev–Trinajstić information content (AvgIpc) is 2.67. The quantitative estimate of drug-likeness (QED) is 0.840. The standard InChI is InChI=1S/C21H26N2O2/c1-22-12-14-23(15-13-22)21(24)16-19(17-8-4-3-5-9-17)18-10-6-7-11-20(18)25-2/h3-11,19H,12-16H2,1-2H3. The molecule has 0 aromatic heterocycles. The van der Waals surface area contributed by atoms with Gasteiger partial charge in [-0.2, -0.15) is 0 Å². The number of nitrogens with zero attached hydrogens (tertiary/aromatic N) is 2. The highest BCUT2D eigenvalue weighted by atomic mass is 16.5. The van der Waals surface area contributed by atoms with Crippen LogP contribution in [0.4, 0.5) is 0 Å². The van der Waals surface area contributed by atoms with Crippen LogP contribution in [0.25, 0.3) is 0 Å². The molecule has 132 valence electrons. The third-order valence-electron chi connectivity index (χ3n) is 4.95. The largest absolute Gasteiger partial charge is 0.496 e. The number of rotatable bonds is 5. The van der Waals surface area contributed by atoms with E-state index in [1.54, 1.807) is 7.11 Å². The Morgan fingerprint density at radius 1 is 1.00 bits per heavy atom. The van der Waals surface area contributed by atoms with Crippen molar-refractivity contribution in [2.75, 3.05) is 40.3 Å². The third kappa shape index (κ3) is 4.20. The molecule has 0 saturated carbocycles.